The van der Waals surface area contributed by atoms with Gasteiger partial charge in [-0.2, -0.15) is 0 Å². The average molecular weight is 446 g/mol. The fraction of sp³-hybridized carbons (Fsp3) is 0.250. The van der Waals surface area contributed by atoms with E-state index in [1.165, 1.54) is 0 Å². The second-order valence-corrected chi connectivity index (χ2v) is 7.19. The van der Waals surface area contributed by atoms with Gasteiger partial charge < -0.3 is 4.74 Å². The third kappa shape index (κ3) is 4.58. The fourth-order valence-corrected chi connectivity index (χ4v) is 3.18. The molecule has 0 bridgehead atoms. The van der Waals surface area contributed by atoms with E-state index in [9.17, 15) is 14.4 Å². The molecule has 7 nitrogen and oxygen atoms in total. The van der Waals surface area contributed by atoms with Gasteiger partial charge in [0, 0.05) is 10.0 Å². The number of imide groups is 1. The summed E-state index contributed by atoms with van der Waals surface area (Å²) in [6, 6.07) is 12.8. The Kier molecular flexibility index (Phi) is 6.43. The van der Waals surface area contributed by atoms with Crippen LogP contribution in [0.4, 0.5) is 5.69 Å². The lowest BCUT2D eigenvalue weighted by Gasteiger charge is -2.16. The van der Waals surface area contributed by atoms with E-state index < -0.39 is 17.9 Å². The van der Waals surface area contributed by atoms with Crippen LogP contribution in [0.5, 0.6) is 5.75 Å². The van der Waals surface area contributed by atoms with E-state index in [2.05, 4.69) is 26.8 Å². The second-order valence-electron chi connectivity index (χ2n) is 6.28. The lowest BCUT2D eigenvalue weighted by Crippen LogP contribution is -2.48. The standard InChI is InChI=1S/C20H20BrN3O4/c1-2-10-28-16-8-6-15(7-9-16)24-18(25)12-17(20(24)27)22-23-19(26)13-4-3-5-14(21)11-13/h3-9,11,17,22H,2,10,12H2,1H3,(H,23,26)/t17-/m0/s1. The highest BCUT2D eigenvalue weighted by atomic mass is 79.9. The van der Waals surface area contributed by atoms with Crippen molar-refractivity contribution in [1.82, 2.24) is 10.9 Å². The SMILES string of the molecule is CCCOc1ccc(N2C(=O)C[C@H](NNC(=O)c3cccc(Br)c3)C2=O)cc1. The molecule has 146 valence electrons. The highest BCUT2D eigenvalue weighted by Crippen LogP contribution is 2.25. The van der Waals surface area contributed by atoms with Gasteiger partial charge in [0.2, 0.25) is 5.91 Å². The molecule has 0 unspecified atom stereocenters. The number of ether oxygens (including phenoxy) is 1. The van der Waals surface area contributed by atoms with Gasteiger partial charge in [-0.25, -0.2) is 10.3 Å². The Balaban J connectivity index is 1.62. The number of nitrogens with one attached hydrogen (secondary N) is 2. The topological polar surface area (TPSA) is 87.7 Å². The Labute approximate surface area is 171 Å². The molecule has 1 saturated heterocycles. The summed E-state index contributed by atoms with van der Waals surface area (Å²) in [5.41, 5.74) is 6.06. The molecule has 3 rings (SSSR count). The van der Waals surface area contributed by atoms with E-state index in [4.69, 9.17) is 4.74 Å². The number of carbonyl (C=O) groups excluding carboxylic acids is 3. The van der Waals surface area contributed by atoms with E-state index in [1.807, 2.05) is 6.92 Å². The van der Waals surface area contributed by atoms with Gasteiger partial charge in [0.25, 0.3) is 11.8 Å². The van der Waals surface area contributed by atoms with Crippen molar-refractivity contribution >= 4 is 39.3 Å². The second kappa shape index (κ2) is 8.99. The molecule has 0 aliphatic carbocycles. The minimum absolute atomic E-state index is 0.0360. The fourth-order valence-electron chi connectivity index (χ4n) is 2.78. The van der Waals surface area contributed by atoms with Crippen LogP contribution in [0.15, 0.2) is 53.0 Å². The van der Waals surface area contributed by atoms with Gasteiger partial charge in [0.05, 0.1) is 18.7 Å². The molecule has 28 heavy (non-hydrogen) atoms. The summed E-state index contributed by atoms with van der Waals surface area (Å²) in [6.45, 7) is 2.61. The zero-order valence-electron chi connectivity index (χ0n) is 15.3. The van der Waals surface area contributed by atoms with Crippen LogP contribution in [0.1, 0.15) is 30.1 Å². The van der Waals surface area contributed by atoms with E-state index >= 15 is 0 Å². The first-order valence-electron chi connectivity index (χ1n) is 8.90. The Morgan fingerprint density at radius 1 is 1.21 bits per heavy atom. The van der Waals surface area contributed by atoms with Crippen molar-refractivity contribution in [3.8, 4) is 5.75 Å². The first kappa shape index (κ1) is 20.0. The van der Waals surface area contributed by atoms with Crippen molar-refractivity contribution in [3.63, 3.8) is 0 Å². The predicted octanol–water partition coefficient (Wildman–Crippen LogP) is 2.80. The summed E-state index contributed by atoms with van der Waals surface area (Å²) >= 11 is 3.30. The van der Waals surface area contributed by atoms with Gasteiger partial charge in [-0.1, -0.05) is 28.9 Å². The van der Waals surface area contributed by atoms with Crippen molar-refractivity contribution in [2.75, 3.05) is 11.5 Å². The summed E-state index contributed by atoms with van der Waals surface area (Å²) < 4.78 is 6.28. The smallest absolute Gasteiger partial charge is 0.265 e. The number of nitrogens with zero attached hydrogens (tertiary/aromatic N) is 1. The molecule has 2 aromatic rings. The van der Waals surface area contributed by atoms with Gasteiger partial charge in [-0.05, 0) is 48.9 Å². The summed E-state index contributed by atoms with van der Waals surface area (Å²) in [7, 11) is 0. The molecule has 0 saturated carbocycles. The Morgan fingerprint density at radius 3 is 2.64 bits per heavy atom. The lowest BCUT2D eigenvalue weighted by molar-refractivity contribution is -0.121. The van der Waals surface area contributed by atoms with Crippen molar-refractivity contribution in [2.24, 2.45) is 0 Å². The average Bonchev–Trinajstić information content (AvgIpc) is 2.98. The number of hydrogen-bond donors (Lipinski definition) is 2. The van der Waals surface area contributed by atoms with Gasteiger partial charge in [0.1, 0.15) is 11.8 Å². The molecular formula is C20H20BrN3O4. The Bertz CT molecular complexity index is 885. The molecule has 1 heterocycles. The molecule has 1 aliphatic rings. The molecule has 0 radical (unpaired) electrons. The van der Waals surface area contributed by atoms with Crippen molar-refractivity contribution in [3.05, 3.63) is 58.6 Å². The monoisotopic (exact) mass is 445 g/mol. The van der Waals surface area contributed by atoms with E-state index in [0.717, 1.165) is 15.8 Å². The Morgan fingerprint density at radius 2 is 1.96 bits per heavy atom. The van der Waals surface area contributed by atoms with Crippen LogP contribution in [-0.2, 0) is 9.59 Å². The minimum Gasteiger partial charge on any atom is -0.494 e. The molecule has 0 aromatic heterocycles. The summed E-state index contributed by atoms with van der Waals surface area (Å²) in [5, 5.41) is 0. The number of amides is 3. The van der Waals surface area contributed by atoms with E-state index in [0.29, 0.717) is 23.6 Å². The highest BCUT2D eigenvalue weighted by molar-refractivity contribution is 9.10. The van der Waals surface area contributed by atoms with Crippen molar-refractivity contribution in [1.29, 1.82) is 0 Å². The van der Waals surface area contributed by atoms with Gasteiger partial charge >= 0.3 is 0 Å². The molecule has 1 fully saturated rings. The van der Waals surface area contributed by atoms with Crippen LogP contribution < -0.4 is 20.5 Å². The van der Waals surface area contributed by atoms with Gasteiger partial charge in [0.15, 0.2) is 0 Å². The van der Waals surface area contributed by atoms with Gasteiger partial charge in [-0.15, -0.1) is 0 Å². The van der Waals surface area contributed by atoms with E-state index in [-0.39, 0.29) is 12.3 Å². The number of benzene rings is 2. The molecular weight excluding hydrogens is 426 g/mol. The lowest BCUT2D eigenvalue weighted by atomic mass is 10.2. The number of rotatable bonds is 7. The van der Waals surface area contributed by atoms with Crippen LogP contribution in [-0.4, -0.2) is 30.4 Å². The number of carbonyl (C=O) groups is 3. The first-order chi connectivity index (χ1) is 13.5. The number of hydrazine groups is 1. The molecule has 1 atom stereocenters. The van der Waals surface area contributed by atoms with Gasteiger partial charge in [-0.3, -0.25) is 19.8 Å². The molecule has 1 aliphatic heterocycles. The minimum atomic E-state index is -0.820. The predicted molar refractivity (Wildman–Crippen MR) is 108 cm³/mol. The van der Waals surface area contributed by atoms with Crippen molar-refractivity contribution in [2.45, 2.75) is 25.8 Å². The van der Waals surface area contributed by atoms with Crippen molar-refractivity contribution < 1.29 is 19.1 Å². The zero-order valence-corrected chi connectivity index (χ0v) is 16.9. The third-order valence-corrected chi connectivity index (χ3v) is 4.65. The number of anilines is 1. The molecule has 0 spiro atoms. The molecule has 3 amide bonds. The molecule has 2 aromatic carbocycles. The highest BCUT2D eigenvalue weighted by Gasteiger charge is 2.39. The maximum Gasteiger partial charge on any atom is 0.265 e. The number of hydrogen-bond acceptors (Lipinski definition) is 5. The van der Waals surface area contributed by atoms with Crippen LogP contribution >= 0.6 is 15.9 Å². The van der Waals surface area contributed by atoms with Crippen LogP contribution in [0.3, 0.4) is 0 Å². The van der Waals surface area contributed by atoms with Crippen LogP contribution in [0.25, 0.3) is 0 Å². The van der Waals surface area contributed by atoms with Crippen LogP contribution in [0.2, 0.25) is 0 Å². The third-order valence-electron chi connectivity index (χ3n) is 4.16. The Hall–Kier alpha value is -2.71. The molecule has 8 heteroatoms. The normalized spacial score (nSPS) is 16.4. The molecule has 2 N–H and O–H groups in total. The largest absolute Gasteiger partial charge is 0.494 e. The first-order valence-corrected chi connectivity index (χ1v) is 9.70. The maximum absolute atomic E-state index is 12.6. The summed E-state index contributed by atoms with van der Waals surface area (Å²) in [4.78, 5) is 38.3. The number of halogens is 1. The quantitative estimate of drug-likeness (QED) is 0.505. The van der Waals surface area contributed by atoms with Crippen LogP contribution in [0, 0.1) is 0 Å². The summed E-state index contributed by atoms with van der Waals surface area (Å²) in [6.07, 6.45) is 0.857. The maximum atomic E-state index is 12.6. The summed E-state index contributed by atoms with van der Waals surface area (Å²) in [5.74, 6) is -0.457. The zero-order chi connectivity index (χ0) is 20.1. The van der Waals surface area contributed by atoms with E-state index in [1.54, 1.807) is 48.5 Å².